The summed E-state index contributed by atoms with van der Waals surface area (Å²) in [4.78, 5) is 18.3. The molecule has 1 N–H and O–H groups in total. The summed E-state index contributed by atoms with van der Waals surface area (Å²) in [6, 6.07) is 9.73. The van der Waals surface area contributed by atoms with Crippen LogP contribution in [0.4, 0.5) is 8.78 Å². The quantitative estimate of drug-likeness (QED) is 0.751. The van der Waals surface area contributed by atoms with E-state index in [2.05, 4.69) is 14.8 Å². The van der Waals surface area contributed by atoms with Gasteiger partial charge in [-0.25, -0.2) is 9.50 Å². The van der Waals surface area contributed by atoms with Crippen molar-refractivity contribution in [2.24, 2.45) is 0 Å². The fourth-order valence-corrected chi connectivity index (χ4v) is 2.52. The molecule has 126 valence electrons. The average molecular weight is 334 g/mol. The minimum atomic E-state index is -2.84. The van der Waals surface area contributed by atoms with Crippen molar-refractivity contribution in [2.45, 2.75) is 19.7 Å². The van der Waals surface area contributed by atoms with Crippen LogP contribution in [0.1, 0.15) is 11.3 Å². The third-order valence-electron chi connectivity index (χ3n) is 3.44. The molecule has 0 spiro atoms. The fraction of sp³-hybridized carbons (Fsp3) is 0.250. The highest BCUT2D eigenvalue weighted by Gasteiger charge is 2.09. The first-order chi connectivity index (χ1) is 11.5. The predicted molar refractivity (Wildman–Crippen MR) is 84.1 cm³/mol. The van der Waals surface area contributed by atoms with Gasteiger partial charge in [-0.05, 0) is 24.7 Å². The molecule has 0 radical (unpaired) electrons. The van der Waals surface area contributed by atoms with Gasteiger partial charge in [0.15, 0.2) is 5.65 Å². The van der Waals surface area contributed by atoms with Crippen molar-refractivity contribution in [1.29, 1.82) is 0 Å². The maximum Gasteiger partial charge on any atom is 0.387 e. The number of fused-ring (bicyclic) bond motifs is 1. The highest BCUT2D eigenvalue weighted by Crippen LogP contribution is 2.17. The van der Waals surface area contributed by atoms with E-state index in [1.54, 1.807) is 24.4 Å². The lowest BCUT2D eigenvalue weighted by Gasteiger charge is -2.16. The van der Waals surface area contributed by atoms with Crippen LogP contribution in [-0.4, -0.2) is 33.2 Å². The van der Waals surface area contributed by atoms with Crippen LogP contribution in [0.25, 0.3) is 5.65 Å². The van der Waals surface area contributed by atoms with Crippen LogP contribution in [-0.2, 0) is 13.1 Å². The Labute approximate surface area is 136 Å². The van der Waals surface area contributed by atoms with Gasteiger partial charge in [0.1, 0.15) is 5.75 Å². The zero-order valence-electron chi connectivity index (χ0n) is 12.9. The van der Waals surface area contributed by atoms with Crippen LogP contribution >= 0.6 is 0 Å². The Kier molecular flexibility index (Phi) is 4.57. The lowest BCUT2D eigenvalue weighted by molar-refractivity contribution is -0.0499. The first-order valence-corrected chi connectivity index (χ1v) is 7.29. The standard InChI is InChI=1S/C16H16F2N4O2/c1-21(9-11-3-2-4-13(7-11)24-16(17)18)10-12-8-15(23)22-14(20-12)5-6-19-22/h2-8,16,19H,9-10H2,1H3. The molecular formula is C16H16F2N4O2. The number of aromatic nitrogens is 3. The molecule has 0 amide bonds. The highest BCUT2D eigenvalue weighted by molar-refractivity contribution is 5.36. The molecule has 3 aromatic rings. The molecule has 0 aliphatic rings. The first kappa shape index (κ1) is 16.1. The molecule has 0 saturated heterocycles. The Balaban J connectivity index is 1.70. The second-order valence-electron chi connectivity index (χ2n) is 5.44. The van der Waals surface area contributed by atoms with Gasteiger partial charge < -0.3 is 4.74 Å². The summed E-state index contributed by atoms with van der Waals surface area (Å²) in [6.45, 7) is -1.88. The molecule has 3 rings (SSSR count). The summed E-state index contributed by atoms with van der Waals surface area (Å²) in [5.74, 6) is 0.126. The van der Waals surface area contributed by atoms with E-state index in [0.717, 1.165) is 5.56 Å². The van der Waals surface area contributed by atoms with Crippen LogP contribution in [0.15, 0.2) is 47.4 Å². The van der Waals surface area contributed by atoms with E-state index >= 15 is 0 Å². The monoisotopic (exact) mass is 334 g/mol. The van der Waals surface area contributed by atoms with E-state index < -0.39 is 6.61 Å². The Morgan fingerprint density at radius 1 is 1.29 bits per heavy atom. The van der Waals surface area contributed by atoms with Gasteiger partial charge in [0.05, 0.1) is 5.69 Å². The summed E-state index contributed by atoms with van der Waals surface area (Å²) in [6.07, 6.45) is 1.64. The Morgan fingerprint density at radius 2 is 2.12 bits per heavy atom. The topological polar surface area (TPSA) is 62.6 Å². The third-order valence-corrected chi connectivity index (χ3v) is 3.44. The molecule has 0 saturated carbocycles. The second-order valence-corrected chi connectivity index (χ2v) is 5.44. The van der Waals surface area contributed by atoms with E-state index in [9.17, 15) is 13.6 Å². The van der Waals surface area contributed by atoms with Crippen LogP contribution < -0.4 is 10.3 Å². The van der Waals surface area contributed by atoms with Gasteiger partial charge in [0.25, 0.3) is 5.56 Å². The Bertz CT molecular complexity index is 891. The molecule has 0 aliphatic heterocycles. The fourth-order valence-electron chi connectivity index (χ4n) is 2.52. The second kappa shape index (κ2) is 6.79. The number of nitrogens with one attached hydrogen (secondary N) is 1. The molecule has 2 heterocycles. The van der Waals surface area contributed by atoms with Crippen molar-refractivity contribution in [3.8, 4) is 5.75 Å². The molecule has 0 bridgehead atoms. The van der Waals surface area contributed by atoms with E-state index in [-0.39, 0.29) is 11.3 Å². The minimum absolute atomic E-state index is 0.126. The van der Waals surface area contributed by atoms with E-state index in [1.807, 2.05) is 18.0 Å². The summed E-state index contributed by atoms with van der Waals surface area (Å²) in [7, 11) is 1.86. The van der Waals surface area contributed by atoms with Gasteiger partial charge in [0.2, 0.25) is 0 Å². The van der Waals surface area contributed by atoms with Gasteiger partial charge in [-0.15, -0.1) is 0 Å². The zero-order valence-corrected chi connectivity index (χ0v) is 12.9. The number of nitrogens with zero attached hydrogens (tertiary/aromatic N) is 3. The Hall–Kier alpha value is -2.74. The SMILES string of the molecule is CN(Cc1cccc(OC(F)F)c1)Cc1cc(=O)n2[nH]ccc2n1. The van der Waals surface area contributed by atoms with Crippen LogP contribution in [0.5, 0.6) is 5.75 Å². The number of H-pyrrole nitrogens is 1. The summed E-state index contributed by atoms with van der Waals surface area (Å²) in [5.41, 5.74) is 1.84. The number of halogens is 2. The largest absolute Gasteiger partial charge is 0.435 e. The molecule has 0 atom stereocenters. The van der Waals surface area contributed by atoms with Gasteiger partial charge >= 0.3 is 6.61 Å². The van der Waals surface area contributed by atoms with E-state index in [1.165, 1.54) is 16.6 Å². The maximum atomic E-state index is 12.3. The van der Waals surface area contributed by atoms with Crippen molar-refractivity contribution in [3.63, 3.8) is 0 Å². The van der Waals surface area contributed by atoms with E-state index in [4.69, 9.17) is 0 Å². The number of rotatable bonds is 6. The zero-order chi connectivity index (χ0) is 17.1. The summed E-state index contributed by atoms with van der Waals surface area (Å²) >= 11 is 0. The minimum Gasteiger partial charge on any atom is -0.435 e. The van der Waals surface area contributed by atoms with Crippen LogP contribution in [0.3, 0.4) is 0 Å². The molecule has 0 aliphatic carbocycles. The molecule has 8 heteroatoms. The van der Waals surface area contributed by atoms with Gasteiger partial charge in [0, 0.05) is 31.4 Å². The van der Waals surface area contributed by atoms with E-state index in [0.29, 0.717) is 24.4 Å². The van der Waals surface area contributed by atoms with Crippen molar-refractivity contribution in [3.05, 3.63) is 64.2 Å². The highest BCUT2D eigenvalue weighted by atomic mass is 19.3. The maximum absolute atomic E-state index is 12.3. The van der Waals surface area contributed by atoms with Gasteiger partial charge in [-0.2, -0.15) is 8.78 Å². The first-order valence-electron chi connectivity index (χ1n) is 7.29. The van der Waals surface area contributed by atoms with Gasteiger partial charge in [-0.1, -0.05) is 12.1 Å². The van der Waals surface area contributed by atoms with Crippen molar-refractivity contribution >= 4 is 5.65 Å². The molecule has 2 aromatic heterocycles. The summed E-state index contributed by atoms with van der Waals surface area (Å²) < 4.78 is 30.3. The van der Waals surface area contributed by atoms with Crippen molar-refractivity contribution in [2.75, 3.05) is 7.05 Å². The number of hydrogen-bond acceptors (Lipinski definition) is 4. The molecule has 6 nitrogen and oxygen atoms in total. The molecule has 1 aromatic carbocycles. The number of hydrogen-bond donors (Lipinski definition) is 1. The number of ether oxygens (including phenoxy) is 1. The molecule has 0 fully saturated rings. The van der Waals surface area contributed by atoms with Crippen LogP contribution in [0, 0.1) is 0 Å². The number of aromatic amines is 1. The van der Waals surface area contributed by atoms with Gasteiger partial charge in [-0.3, -0.25) is 14.8 Å². The normalized spacial score (nSPS) is 11.5. The number of alkyl halides is 2. The van der Waals surface area contributed by atoms with Crippen molar-refractivity contribution < 1.29 is 13.5 Å². The molecule has 24 heavy (non-hydrogen) atoms. The Morgan fingerprint density at radius 3 is 2.92 bits per heavy atom. The molecule has 0 unspecified atom stereocenters. The molecular weight excluding hydrogens is 318 g/mol. The summed E-state index contributed by atoms with van der Waals surface area (Å²) in [5, 5.41) is 2.78. The number of benzene rings is 1. The smallest absolute Gasteiger partial charge is 0.387 e. The van der Waals surface area contributed by atoms with Crippen LogP contribution in [0.2, 0.25) is 0 Å². The lowest BCUT2D eigenvalue weighted by atomic mass is 10.2. The lowest BCUT2D eigenvalue weighted by Crippen LogP contribution is -2.21. The third kappa shape index (κ3) is 3.77. The van der Waals surface area contributed by atoms with Crippen molar-refractivity contribution in [1.82, 2.24) is 19.5 Å². The average Bonchev–Trinajstić information content (AvgIpc) is 2.95. The predicted octanol–water partition coefficient (Wildman–Crippen LogP) is 2.26.